The first-order valence-electron chi connectivity index (χ1n) is 6.66. The number of carbonyl (C=O) groups is 1. The molecule has 0 radical (unpaired) electrons. The fourth-order valence-corrected chi connectivity index (χ4v) is 2.31. The predicted octanol–water partition coefficient (Wildman–Crippen LogP) is 1.38. The molecule has 0 saturated carbocycles. The third kappa shape index (κ3) is 4.41. The quantitative estimate of drug-likeness (QED) is 0.816. The van der Waals surface area contributed by atoms with Gasteiger partial charge in [0.2, 0.25) is 5.91 Å². The van der Waals surface area contributed by atoms with E-state index in [1.165, 1.54) is 0 Å². The molecular weight excluding hydrogens is 250 g/mol. The molecule has 0 spiro atoms. The van der Waals surface area contributed by atoms with Gasteiger partial charge in [-0.25, -0.2) is 0 Å². The van der Waals surface area contributed by atoms with Crippen molar-refractivity contribution in [1.29, 1.82) is 0 Å². The number of halogens is 1. The first kappa shape index (κ1) is 17.7. The highest BCUT2D eigenvalue weighted by molar-refractivity contribution is 5.85. The Kier molecular flexibility index (Phi) is 7.18. The molecule has 3 N–H and O–H groups in total. The molecule has 1 amide bonds. The Bertz CT molecular complexity index is 271. The Morgan fingerprint density at radius 1 is 1.56 bits per heavy atom. The number of nitrogens with two attached hydrogens (primary N) is 1. The lowest BCUT2D eigenvalue weighted by Crippen LogP contribution is -2.57. The largest absolute Gasteiger partial charge is 0.355 e. The van der Waals surface area contributed by atoms with Crippen molar-refractivity contribution in [2.24, 2.45) is 11.1 Å². The van der Waals surface area contributed by atoms with E-state index in [-0.39, 0.29) is 35.8 Å². The molecule has 0 aromatic rings. The monoisotopic (exact) mass is 277 g/mol. The van der Waals surface area contributed by atoms with Crippen molar-refractivity contribution in [2.75, 3.05) is 19.6 Å². The van der Waals surface area contributed by atoms with E-state index in [9.17, 15) is 4.79 Å². The summed E-state index contributed by atoms with van der Waals surface area (Å²) in [6.07, 6.45) is 1.95. The summed E-state index contributed by atoms with van der Waals surface area (Å²) in [4.78, 5) is 14.2. The van der Waals surface area contributed by atoms with E-state index in [0.29, 0.717) is 0 Å². The van der Waals surface area contributed by atoms with Crippen molar-refractivity contribution >= 4 is 18.3 Å². The maximum atomic E-state index is 11.9. The molecule has 0 aromatic carbocycles. The predicted molar refractivity (Wildman–Crippen MR) is 78.0 cm³/mol. The Morgan fingerprint density at radius 2 is 2.17 bits per heavy atom. The van der Waals surface area contributed by atoms with Gasteiger partial charge >= 0.3 is 0 Å². The zero-order valence-electron chi connectivity index (χ0n) is 12.0. The number of likely N-dealkylation sites (tertiary alicyclic amines) is 1. The number of carbonyl (C=O) groups excluding carboxylic acids is 1. The number of hydrogen-bond acceptors (Lipinski definition) is 3. The topological polar surface area (TPSA) is 58.4 Å². The van der Waals surface area contributed by atoms with Crippen LogP contribution in [0.3, 0.4) is 0 Å². The van der Waals surface area contributed by atoms with Crippen LogP contribution < -0.4 is 11.1 Å². The third-order valence-corrected chi connectivity index (χ3v) is 3.82. The number of piperidine rings is 1. The van der Waals surface area contributed by atoms with Gasteiger partial charge in [0.05, 0.1) is 6.04 Å². The van der Waals surface area contributed by atoms with Gasteiger partial charge in [-0.2, -0.15) is 0 Å². The fraction of sp³-hybridized carbons (Fsp3) is 0.923. The molecule has 1 fully saturated rings. The summed E-state index contributed by atoms with van der Waals surface area (Å²) in [6.45, 7) is 11.0. The standard InChI is InChI=1S/C13H27N3O.ClH/c1-5-7-15-12(17)10(2)16-8-6-11(14)13(3,4)9-16;/h10-11H,5-9,14H2,1-4H3,(H,15,17);1H. The van der Waals surface area contributed by atoms with E-state index in [0.717, 1.165) is 32.5 Å². The summed E-state index contributed by atoms with van der Waals surface area (Å²) < 4.78 is 0. The van der Waals surface area contributed by atoms with E-state index in [2.05, 4.69) is 31.0 Å². The van der Waals surface area contributed by atoms with Gasteiger partial charge in [0.25, 0.3) is 0 Å². The molecule has 1 heterocycles. The van der Waals surface area contributed by atoms with Crippen LogP contribution in [0.4, 0.5) is 0 Å². The van der Waals surface area contributed by atoms with Crippen LogP contribution in [0.2, 0.25) is 0 Å². The second-order valence-corrected chi connectivity index (χ2v) is 5.82. The fourth-order valence-electron chi connectivity index (χ4n) is 2.31. The molecule has 0 aliphatic carbocycles. The minimum atomic E-state index is -0.0478. The van der Waals surface area contributed by atoms with Crippen LogP contribution in [-0.2, 0) is 4.79 Å². The van der Waals surface area contributed by atoms with Crippen molar-refractivity contribution in [3.05, 3.63) is 0 Å². The smallest absolute Gasteiger partial charge is 0.237 e. The average Bonchev–Trinajstić information content (AvgIpc) is 2.28. The molecule has 0 aromatic heterocycles. The Morgan fingerprint density at radius 3 is 2.67 bits per heavy atom. The highest BCUT2D eigenvalue weighted by Gasteiger charge is 2.36. The van der Waals surface area contributed by atoms with Gasteiger partial charge < -0.3 is 11.1 Å². The second kappa shape index (κ2) is 7.31. The highest BCUT2D eigenvalue weighted by atomic mass is 35.5. The van der Waals surface area contributed by atoms with Crippen LogP contribution in [0, 0.1) is 5.41 Å². The molecule has 1 saturated heterocycles. The third-order valence-electron chi connectivity index (χ3n) is 3.82. The van der Waals surface area contributed by atoms with Crippen molar-refractivity contribution in [1.82, 2.24) is 10.2 Å². The number of rotatable bonds is 4. The van der Waals surface area contributed by atoms with Crippen molar-refractivity contribution in [3.63, 3.8) is 0 Å². The van der Waals surface area contributed by atoms with E-state index < -0.39 is 0 Å². The van der Waals surface area contributed by atoms with Gasteiger partial charge in [0.1, 0.15) is 0 Å². The zero-order chi connectivity index (χ0) is 13.1. The highest BCUT2D eigenvalue weighted by Crippen LogP contribution is 2.28. The first-order chi connectivity index (χ1) is 7.88. The molecule has 1 aliphatic rings. The van der Waals surface area contributed by atoms with Gasteiger partial charge in [-0.15, -0.1) is 12.4 Å². The van der Waals surface area contributed by atoms with Crippen LogP contribution in [0.25, 0.3) is 0 Å². The van der Waals surface area contributed by atoms with Crippen molar-refractivity contribution in [2.45, 2.75) is 52.6 Å². The number of hydrogen-bond donors (Lipinski definition) is 2. The van der Waals surface area contributed by atoms with E-state index in [4.69, 9.17) is 5.73 Å². The van der Waals surface area contributed by atoms with E-state index in [1.54, 1.807) is 0 Å². The number of nitrogens with one attached hydrogen (secondary N) is 1. The molecule has 2 atom stereocenters. The van der Waals surface area contributed by atoms with Gasteiger partial charge in [-0.3, -0.25) is 9.69 Å². The molecule has 108 valence electrons. The van der Waals surface area contributed by atoms with Gasteiger partial charge in [-0.05, 0) is 25.2 Å². The van der Waals surface area contributed by atoms with Crippen LogP contribution in [-0.4, -0.2) is 42.5 Å². The maximum absolute atomic E-state index is 11.9. The normalized spacial score (nSPS) is 25.1. The van der Waals surface area contributed by atoms with Crippen molar-refractivity contribution < 1.29 is 4.79 Å². The number of nitrogens with zero attached hydrogens (tertiary/aromatic N) is 1. The average molecular weight is 278 g/mol. The van der Waals surface area contributed by atoms with Crippen LogP contribution >= 0.6 is 12.4 Å². The summed E-state index contributed by atoms with van der Waals surface area (Å²) in [7, 11) is 0. The van der Waals surface area contributed by atoms with Crippen LogP contribution in [0.1, 0.15) is 40.5 Å². The Hall–Kier alpha value is -0.320. The summed E-state index contributed by atoms with van der Waals surface area (Å²) in [5.41, 5.74) is 6.20. The second-order valence-electron chi connectivity index (χ2n) is 5.82. The molecule has 2 unspecified atom stereocenters. The van der Waals surface area contributed by atoms with Crippen LogP contribution in [0.15, 0.2) is 0 Å². The zero-order valence-corrected chi connectivity index (χ0v) is 12.8. The number of amides is 1. The van der Waals surface area contributed by atoms with Gasteiger partial charge in [0.15, 0.2) is 0 Å². The minimum absolute atomic E-state index is 0. The van der Waals surface area contributed by atoms with Gasteiger partial charge in [-0.1, -0.05) is 20.8 Å². The first-order valence-corrected chi connectivity index (χ1v) is 6.66. The summed E-state index contributed by atoms with van der Waals surface area (Å²) in [5.74, 6) is 0.137. The minimum Gasteiger partial charge on any atom is -0.355 e. The van der Waals surface area contributed by atoms with E-state index >= 15 is 0 Å². The Balaban J connectivity index is 0.00000289. The van der Waals surface area contributed by atoms with Gasteiger partial charge in [0, 0.05) is 25.7 Å². The summed E-state index contributed by atoms with van der Waals surface area (Å²) in [5, 5.41) is 2.96. The molecule has 4 nitrogen and oxygen atoms in total. The molecular formula is C13H28ClN3O. The molecule has 0 bridgehead atoms. The molecule has 1 rings (SSSR count). The van der Waals surface area contributed by atoms with Crippen LogP contribution in [0.5, 0.6) is 0 Å². The SMILES string of the molecule is CCCNC(=O)C(C)N1CCC(N)C(C)(C)C1.Cl. The summed E-state index contributed by atoms with van der Waals surface area (Å²) in [6, 6.07) is 0.193. The Labute approximate surface area is 117 Å². The molecule has 5 heteroatoms. The summed E-state index contributed by atoms with van der Waals surface area (Å²) >= 11 is 0. The lowest BCUT2D eigenvalue weighted by molar-refractivity contribution is -0.127. The maximum Gasteiger partial charge on any atom is 0.237 e. The lowest BCUT2D eigenvalue weighted by Gasteiger charge is -2.44. The molecule has 18 heavy (non-hydrogen) atoms. The van der Waals surface area contributed by atoms with E-state index in [1.807, 2.05) is 6.92 Å². The lowest BCUT2D eigenvalue weighted by atomic mass is 9.79. The molecule has 1 aliphatic heterocycles. The van der Waals surface area contributed by atoms with Crippen molar-refractivity contribution in [3.8, 4) is 0 Å².